The predicted octanol–water partition coefficient (Wildman–Crippen LogP) is 3.78. The Morgan fingerprint density at radius 1 is 1.26 bits per heavy atom. The minimum Gasteiger partial charge on any atom is -0.207 e. The molecule has 0 aliphatic carbocycles. The second-order valence-corrected chi connectivity index (χ2v) is 8.30. The summed E-state index contributed by atoms with van der Waals surface area (Å²) in [5.41, 5.74) is 0. The first-order chi connectivity index (χ1) is 9.05. The molecule has 1 aromatic rings. The number of sulfonamides is 1. The Hall–Kier alpha value is 0.0900. The van der Waals surface area contributed by atoms with E-state index in [2.05, 4.69) is 31.9 Å². The van der Waals surface area contributed by atoms with Gasteiger partial charge < -0.3 is 0 Å². The topological polar surface area (TPSA) is 37.4 Å². The Labute approximate surface area is 131 Å². The molecule has 1 aliphatic rings. The number of hydrogen-bond donors (Lipinski definition) is 0. The smallest absolute Gasteiger partial charge is 0.207 e. The molecule has 3 nitrogen and oxygen atoms in total. The molecule has 1 unspecified atom stereocenters. The van der Waals surface area contributed by atoms with Crippen LogP contribution in [0.3, 0.4) is 0 Å². The molecular weight excluding hydrogens is 394 g/mol. The third kappa shape index (κ3) is 3.60. The van der Waals surface area contributed by atoms with Crippen molar-refractivity contribution < 1.29 is 8.42 Å². The van der Waals surface area contributed by atoms with E-state index in [1.165, 1.54) is 0 Å². The molecular formula is C13H17Br2NO2S. The molecule has 1 aromatic carbocycles. The zero-order chi connectivity index (χ0) is 13.9. The SMILES string of the molecule is O=S(=O)(c1ccc(Br)cc1)N1CCCC1CCCBr. The maximum absolute atomic E-state index is 12.6. The van der Waals surface area contributed by atoms with Crippen LogP contribution in [0.2, 0.25) is 0 Å². The van der Waals surface area contributed by atoms with E-state index in [1.54, 1.807) is 28.6 Å². The molecule has 0 saturated carbocycles. The Morgan fingerprint density at radius 3 is 2.58 bits per heavy atom. The van der Waals surface area contributed by atoms with Crippen LogP contribution in [0, 0.1) is 0 Å². The second-order valence-electron chi connectivity index (χ2n) is 4.70. The molecule has 19 heavy (non-hydrogen) atoms. The number of benzene rings is 1. The van der Waals surface area contributed by atoms with E-state index in [1.807, 2.05) is 0 Å². The summed E-state index contributed by atoms with van der Waals surface area (Å²) in [6.07, 6.45) is 3.88. The van der Waals surface area contributed by atoms with E-state index in [0.717, 1.165) is 35.5 Å². The van der Waals surface area contributed by atoms with Crippen molar-refractivity contribution in [2.24, 2.45) is 0 Å². The molecule has 6 heteroatoms. The lowest BCUT2D eigenvalue weighted by Gasteiger charge is -2.24. The van der Waals surface area contributed by atoms with Crippen LogP contribution in [0.25, 0.3) is 0 Å². The highest BCUT2D eigenvalue weighted by molar-refractivity contribution is 9.10. The molecule has 1 fully saturated rings. The molecule has 1 saturated heterocycles. The van der Waals surface area contributed by atoms with Crippen LogP contribution in [0.4, 0.5) is 0 Å². The lowest BCUT2D eigenvalue weighted by Crippen LogP contribution is -2.35. The van der Waals surface area contributed by atoms with Gasteiger partial charge in [-0.2, -0.15) is 4.31 Å². The Balaban J connectivity index is 2.21. The maximum atomic E-state index is 12.6. The number of alkyl halides is 1. The molecule has 1 aliphatic heterocycles. The van der Waals surface area contributed by atoms with Crippen molar-refractivity contribution in [1.82, 2.24) is 4.31 Å². The second kappa shape index (κ2) is 6.70. The van der Waals surface area contributed by atoms with Crippen LogP contribution < -0.4 is 0 Å². The van der Waals surface area contributed by atoms with E-state index in [-0.39, 0.29) is 6.04 Å². The molecule has 1 atom stereocenters. The molecule has 1 heterocycles. The van der Waals surface area contributed by atoms with Crippen LogP contribution in [0.15, 0.2) is 33.6 Å². The first-order valence-electron chi connectivity index (χ1n) is 6.39. The highest BCUT2D eigenvalue weighted by Crippen LogP contribution is 2.29. The summed E-state index contributed by atoms with van der Waals surface area (Å²) in [4.78, 5) is 0.390. The van der Waals surface area contributed by atoms with Crippen molar-refractivity contribution in [3.63, 3.8) is 0 Å². The van der Waals surface area contributed by atoms with Gasteiger partial charge in [0.15, 0.2) is 0 Å². The van der Waals surface area contributed by atoms with Gasteiger partial charge in [-0.05, 0) is 49.9 Å². The fourth-order valence-electron chi connectivity index (χ4n) is 2.47. The molecule has 0 aromatic heterocycles. The van der Waals surface area contributed by atoms with Crippen LogP contribution in [0.5, 0.6) is 0 Å². The largest absolute Gasteiger partial charge is 0.243 e. The summed E-state index contributed by atoms with van der Waals surface area (Å²) in [5, 5.41) is 0.926. The monoisotopic (exact) mass is 409 g/mol. The lowest BCUT2D eigenvalue weighted by molar-refractivity contribution is 0.369. The molecule has 0 amide bonds. The van der Waals surface area contributed by atoms with Crippen LogP contribution in [-0.4, -0.2) is 30.6 Å². The van der Waals surface area contributed by atoms with Crippen molar-refractivity contribution in [3.05, 3.63) is 28.7 Å². The molecule has 0 radical (unpaired) electrons. The highest BCUT2D eigenvalue weighted by Gasteiger charge is 2.34. The normalized spacial score (nSPS) is 20.8. The first-order valence-corrected chi connectivity index (χ1v) is 9.74. The van der Waals surface area contributed by atoms with E-state index in [9.17, 15) is 8.42 Å². The standard InChI is InChI=1S/C13H17Br2NO2S/c14-9-1-3-12-4-2-10-16(12)19(17,18)13-7-5-11(15)6-8-13/h5-8,12H,1-4,9-10H2. The van der Waals surface area contributed by atoms with Gasteiger partial charge in [-0.25, -0.2) is 8.42 Å². The van der Waals surface area contributed by atoms with Gasteiger partial charge in [0.1, 0.15) is 0 Å². The van der Waals surface area contributed by atoms with Gasteiger partial charge in [0.05, 0.1) is 4.90 Å². The van der Waals surface area contributed by atoms with Gasteiger partial charge in [-0.1, -0.05) is 31.9 Å². The Bertz CT molecular complexity index is 516. The molecule has 2 rings (SSSR count). The van der Waals surface area contributed by atoms with Gasteiger partial charge in [0, 0.05) is 22.4 Å². The minimum atomic E-state index is -3.34. The highest BCUT2D eigenvalue weighted by atomic mass is 79.9. The zero-order valence-corrected chi connectivity index (χ0v) is 14.5. The van der Waals surface area contributed by atoms with Gasteiger partial charge in [-0.15, -0.1) is 0 Å². The van der Waals surface area contributed by atoms with Crippen molar-refractivity contribution in [2.75, 3.05) is 11.9 Å². The van der Waals surface area contributed by atoms with Gasteiger partial charge in [0.2, 0.25) is 10.0 Å². The van der Waals surface area contributed by atoms with Crippen molar-refractivity contribution in [2.45, 2.75) is 36.6 Å². The third-order valence-electron chi connectivity index (χ3n) is 3.41. The van der Waals surface area contributed by atoms with E-state index in [0.29, 0.717) is 11.4 Å². The summed E-state index contributed by atoms with van der Waals surface area (Å²) in [7, 11) is -3.34. The lowest BCUT2D eigenvalue weighted by atomic mass is 10.1. The number of hydrogen-bond acceptors (Lipinski definition) is 2. The fourth-order valence-corrected chi connectivity index (χ4v) is 4.78. The van der Waals surface area contributed by atoms with Crippen molar-refractivity contribution in [1.29, 1.82) is 0 Å². The van der Waals surface area contributed by atoms with Crippen LogP contribution in [-0.2, 0) is 10.0 Å². The molecule has 0 bridgehead atoms. The maximum Gasteiger partial charge on any atom is 0.243 e. The molecule has 106 valence electrons. The van der Waals surface area contributed by atoms with Gasteiger partial charge >= 0.3 is 0 Å². The summed E-state index contributed by atoms with van der Waals surface area (Å²) >= 11 is 6.73. The third-order valence-corrected chi connectivity index (χ3v) is 6.47. The van der Waals surface area contributed by atoms with Gasteiger partial charge in [-0.3, -0.25) is 0 Å². The average Bonchev–Trinajstić information content (AvgIpc) is 2.86. The first kappa shape index (κ1) is 15.5. The fraction of sp³-hybridized carbons (Fsp3) is 0.538. The summed E-state index contributed by atoms with van der Waals surface area (Å²) < 4.78 is 27.8. The van der Waals surface area contributed by atoms with Gasteiger partial charge in [0.25, 0.3) is 0 Å². The van der Waals surface area contributed by atoms with Crippen molar-refractivity contribution >= 4 is 41.9 Å². The number of rotatable bonds is 5. The number of nitrogens with zero attached hydrogens (tertiary/aromatic N) is 1. The van der Waals surface area contributed by atoms with E-state index in [4.69, 9.17) is 0 Å². The quantitative estimate of drug-likeness (QED) is 0.692. The minimum absolute atomic E-state index is 0.159. The average molecular weight is 411 g/mol. The van der Waals surface area contributed by atoms with Crippen molar-refractivity contribution in [3.8, 4) is 0 Å². The molecule has 0 N–H and O–H groups in total. The Kier molecular flexibility index (Phi) is 5.45. The number of halogens is 2. The summed E-state index contributed by atoms with van der Waals surface area (Å²) in [6, 6.07) is 7.04. The van der Waals surface area contributed by atoms with E-state index >= 15 is 0 Å². The summed E-state index contributed by atoms with van der Waals surface area (Å²) in [5.74, 6) is 0. The molecule has 0 spiro atoms. The zero-order valence-electron chi connectivity index (χ0n) is 10.6. The van der Waals surface area contributed by atoms with Crippen LogP contribution >= 0.6 is 31.9 Å². The summed E-state index contributed by atoms with van der Waals surface area (Å²) in [6.45, 7) is 0.644. The predicted molar refractivity (Wildman–Crippen MR) is 84.1 cm³/mol. The van der Waals surface area contributed by atoms with Crippen LogP contribution in [0.1, 0.15) is 25.7 Å². The Morgan fingerprint density at radius 2 is 1.95 bits per heavy atom. The van der Waals surface area contributed by atoms with E-state index < -0.39 is 10.0 Å².